The van der Waals surface area contributed by atoms with Gasteiger partial charge in [0.15, 0.2) is 0 Å². The number of rotatable bonds is 4. The zero-order valence-electron chi connectivity index (χ0n) is 10.2. The van der Waals surface area contributed by atoms with Crippen molar-refractivity contribution in [2.75, 3.05) is 26.2 Å². The quantitative estimate of drug-likeness (QED) is 0.861. The third-order valence-electron chi connectivity index (χ3n) is 2.86. The highest BCUT2D eigenvalue weighted by molar-refractivity contribution is 7.87. The molecule has 0 atom stereocenters. The molecule has 1 aromatic rings. The van der Waals surface area contributed by atoms with Crippen LogP contribution in [0, 0.1) is 5.82 Å². The van der Waals surface area contributed by atoms with Crippen LogP contribution in [0.5, 0.6) is 0 Å². The van der Waals surface area contributed by atoms with Gasteiger partial charge in [0.05, 0.1) is 5.02 Å². The van der Waals surface area contributed by atoms with Gasteiger partial charge in [-0.3, -0.25) is 0 Å². The average molecular weight is 308 g/mol. The maximum atomic E-state index is 13.0. The predicted octanol–water partition coefficient (Wildman–Crippen LogP) is 0.719. The van der Waals surface area contributed by atoms with E-state index in [4.69, 9.17) is 11.6 Å². The number of nitrogens with zero attached hydrogens (tertiary/aromatic N) is 1. The van der Waals surface area contributed by atoms with Crippen LogP contribution < -0.4 is 10.0 Å². The van der Waals surface area contributed by atoms with Gasteiger partial charge < -0.3 is 5.32 Å². The molecule has 0 saturated carbocycles. The van der Waals surface area contributed by atoms with Crippen molar-refractivity contribution in [1.29, 1.82) is 0 Å². The molecule has 2 N–H and O–H groups in total. The van der Waals surface area contributed by atoms with E-state index in [1.54, 1.807) is 0 Å². The van der Waals surface area contributed by atoms with Gasteiger partial charge in [-0.1, -0.05) is 17.7 Å². The fourth-order valence-electron chi connectivity index (χ4n) is 1.80. The number of nitrogens with one attached hydrogen (secondary N) is 2. The van der Waals surface area contributed by atoms with Gasteiger partial charge in [-0.15, -0.1) is 0 Å². The van der Waals surface area contributed by atoms with Crippen LogP contribution in [0.1, 0.15) is 5.56 Å². The van der Waals surface area contributed by atoms with Crippen LogP contribution in [0.3, 0.4) is 0 Å². The Morgan fingerprint density at radius 2 is 2.05 bits per heavy atom. The van der Waals surface area contributed by atoms with Crippen LogP contribution in [0.2, 0.25) is 5.02 Å². The highest BCUT2D eigenvalue weighted by atomic mass is 35.5. The van der Waals surface area contributed by atoms with Gasteiger partial charge >= 0.3 is 0 Å². The third-order valence-corrected chi connectivity index (χ3v) is 4.70. The van der Waals surface area contributed by atoms with Crippen molar-refractivity contribution in [3.05, 3.63) is 34.6 Å². The van der Waals surface area contributed by atoms with Crippen molar-refractivity contribution in [3.63, 3.8) is 0 Å². The topological polar surface area (TPSA) is 61.4 Å². The lowest BCUT2D eigenvalue weighted by molar-refractivity contribution is 0.354. The summed E-state index contributed by atoms with van der Waals surface area (Å²) in [6.07, 6.45) is 0. The van der Waals surface area contributed by atoms with Crippen molar-refractivity contribution >= 4 is 21.8 Å². The summed E-state index contributed by atoms with van der Waals surface area (Å²) in [7, 11) is -3.50. The minimum Gasteiger partial charge on any atom is -0.314 e. The van der Waals surface area contributed by atoms with Crippen LogP contribution >= 0.6 is 11.6 Å². The molecule has 2 rings (SSSR count). The van der Waals surface area contributed by atoms with E-state index >= 15 is 0 Å². The number of hydrogen-bond acceptors (Lipinski definition) is 3. The lowest BCUT2D eigenvalue weighted by Crippen LogP contribution is -2.50. The summed E-state index contributed by atoms with van der Waals surface area (Å²) in [5, 5.41) is 3.07. The van der Waals surface area contributed by atoms with E-state index in [1.165, 1.54) is 22.5 Å². The molecule has 1 aliphatic rings. The molecule has 19 heavy (non-hydrogen) atoms. The monoisotopic (exact) mass is 307 g/mol. The summed E-state index contributed by atoms with van der Waals surface area (Å²) in [5.74, 6) is -0.518. The minimum atomic E-state index is -3.50. The Bertz CT molecular complexity index is 547. The molecule has 8 heteroatoms. The van der Waals surface area contributed by atoms with E-state index in [0.717, 1.165) is 0 Å². The Morgan fingerprint density at radius 3 is 2.68 bits per heavy atom. The lowest BCUT2D eigenvalue weighted by atomic mass is 10.2. The molecule has 0 aliphatic carbocycles. The largest absolute Gasteiger partial charge is 0.314 e. The maximum absolute atomic E-state index is 13.0. The molecule has 1 heterocycles. The first-order chi connectivity index (χ1) is 8.99. The number of hydrogen-bond donors (Lipinski definition) is 2. The van der Waals surface area contributed by atoms with Crippen LogP contribution in [-0.4, -0.2) is 38.9 Å². The van der Waals surface area contributed by atoms with Gasteiger partial charge in [-0.2, -0.15) is 17.4 Å². The Morgan fingerprint density at radius 1 is 1.37 bits per heavy atom. The molecule has 0 unspecified atom stereocenters. The molecule has 0 radical (unpaired) electrons. The van der Waals surface area contributed by atoms with Crippen molar-refractivity contribution in [2.24, 2.45) is 0 Å². The maximum Gasteiger partial charge on any atom is 0.279 e. The van der Waals surface area contributed by atoms with Gasteiger partial charge in [0, 0.05) is 32.7 Å². The predicted molar refractivity (Wildman–Crippen MR) is 71.6 cm³/mol. The second-order valence-corrected chi connectivity index (χ2v) is 6.39. The van der Waals surface area contributed by atoms with Crippen LogP contribution in [0.25, 0.3) is 0 Å². The normalized spacial score (nSPS) is 17.6. The van der Waals surface area contributed by atoms with Gasteiger partial charge in [0.2, 0.25) is 0 Å². The number of benzene rings is 1. The van der Waals surface area contributed by atoms with Crippen molar-refractivity contribution in [3.8, 4) is 0 Å². The summed E-state index contributed by atoms with van der Waals surface area (Å²) < 4.78 is 40.8. The summed E-state index contributed by atoms with van der Waals surface area (Å²) in [5.41, 5.74) is 0.616. The summed E-state index contributed by atoms with van der Waals surface area (Å²) in [6, 6.07) is 4.13. The smallest absolute Gasteiger partial charge is 0.279 e. The zero-order chi connectivity index (χ0) is 13.9. The zero-order valence-corrected chi connectivity index (χ0v) is 11.8. The molecular weight excluding hydrogens is 293 g/mol. The van der Waals surface area contributed by atoms with Gasteiger partial charge in [-0.05, 0) is 17.7 Å². The van der Waals surface area contributed by atoms with Crippen molar-refractivity contribution < 1.29 is 12.8 Å². The molecule has 1 saturated heterocycles. The fraction of sp³-hybridized carbons (Fsp3) is 0.455. The highest BCUT2D eigenvalue weighted by Crippen LogP contribution is 2.16. The molecular formula is C11H15ClFN3O2S. The van der Waals surface area contributed by atoms with Gasteiger partial charge in [0.25, 0.3) is 10.2 Å². The second-order valence-electron chi connectivity index (χ2n) is 4.22. The van der Waals surface area contributed by atoms with E-state index < -0.39 is 16.0 Å². The Kier molecular flexibility index (Phi) is 4.75. The van der Waals surface area contributed by atoms with E-state index in [0.29, 0.717) is 31.7 Å². The standard InChI is InChI=1S/C11H15ClFN3O2S/c12-10-7-9(1-2-11(10)13)8-15-19(17,18)16-5-3-14-4-6-16/h1-2,7,14-15H,3-6,8H2. The molecule has 0 spiro atoms. The van der Waals surface area contributed by atoms with Crippen LogP contribution in [-0.2, 0) is 16.8 Å². The Labute approximate surface area is 116 Å². The molecule has 1 fully saturated rings. The van der Waals surface area contributed by atoms with Crippen LogP contribution in [0.4, 0.5) is 4.39 Å². The Balaban J connectivity index is 1.98. The second kappa shape index (κ2) is 6.15. The molecule has 5 nitrogen and oxygen atoms in total. The third kappa shape index (κ3) is 3.87. The molecule has 106 valence electrons. The molecule has 0 aromatic heterocycles. The Hall–Kier alpha value is -0.730. The van der Waals surface area contributed by atoms with Gasteiger partial charge in [0.1, 0.15) is 5.82 Å². The average Bonchev–Trinajstić information content (AvgIpc) is 2.41. The summed E-state index contributed by atoms with van der Waals surface area (Å²) >= 11 is 5.64. The summed E-state index contributed by atoms with van der Waals surface area (Å²) in [6.45, 7) is 2.26. The van der Waals surface area contributed by atoms with E-state index in [2.05, 4.69) is 10.0 Å². The summed E-state index contributed by atoms with van der Waals surface area (Å²) in [4.78, 5) is 0. The van der Waals surface area contributed by atoms with E-state index in [1.807, 2.05) is 0 Å². The minimum absolute atomic E-state index is 0.0149. The molecule has 1 aromatic carbocycles. The molecule has 0 amide bonds. The number of halogens is 2. The lowest BCUT2D eigenvalue weighted by Gasteiger charge is -2.26. The first kappa shape index (κ1) is 14.7. The first-order valence-corrected chi connectivity index (χ1v) is 7.70. The van der Waals surface area contributed by atoms with E-state index in [-0.39, 0.29) is 11.6 Å². The van der Waals surface area contributed by atoms with Crippen molar-refractivity contribution in [1.82, 2.24) is 14.3 Å². The first-order valence-electron chi connectivity index (χ1n) is 5.88. The molecule has 0 bridgehead atoms. The highest BCUT2D eigenvalue weighted by Gasteiger charge is 2.23. The van der Waals surface area contributed by atoms with Crippen LogP contribution in [0.15, 0.2) is 18.2 Å². The van der Waals surface area contributed by atoms with Crippen molar-refractivity contribution in [2.45, 2.75) is 6.54 Å². The van der Waals surface area contributed by atoms with E-state index in [9.17, 15) is 12.8 Å². The SMILES string of the molecule is O=S(=O)(NCc1ccc(F)c(Cl)c1)N1CCNCC1. The number of piperazine rings is 1. The molecule has 1 aliphatic heterocycles. The fourth-order valence-corrected chi connectivity index (χ4v) is 3.20. The van der Waals surface area contributed by atoms with Gasteiger partial charge in [-0.25, -0.2) is 4.39 Å².